The molecule has 1 fully saturated rings. The molecule has 7 heteroatoms. The summed E-state index contributed by atoms with van der Waals surface area (Å²) in [6, 6.07) is 19.4. The summed E-state index contributed by atoms with van der Waals surface area (Å²) in [5.41, 5.74) is 2.59. The van der Waals surface area contributed by atoms with Gasteiger partial charge in [0.15, 0.2) is 0 Å². The fraction of sp³-hybridized carbons (Fsp3) is 0.296. The number of aliphatic hydroxyl groups excluding tert-OH is 2. The van der Waals surface area contributed by atoms with Crippen molar-refractivity contribution in [3.05, 3.63) is 95.6 Å². The normalized spacial score (nSPS) is 20.0. The summed E-state index contributed by atoms with van der Waals surface area (Å²) in [4.78, 5) is 14.9. The van der Waals surface area contributed by atoms with Gasteiger partial charge >= 0.3 is 6.03 Å². The van der Waals surface area contributed by atoms with Gasteiger partial charge in [-0.2, -0.15) is 0 Å². The van der Waals surface area contributed by atoms with Gasteiger partial charge in [0.1, 0.15) is 11.6 Å². The van der Waals surface area contributed by atoms with Gasteiger partial charge in [0, 0.05) is 13.0 Å². The average Bonchev–Trinajstić information content (AvgIpc) is 2.84. The van der Waals surface area contributed by atoms with Crippen molar-refractivity contribution < 1.29 is 23.8 Å². The second kappa shape index (κ2) is 9.91. The second-order valence-corrected chi connectivity index (χ2v) is 8.81. The van der Waals surface area contributed by atoms with E-state index in [4.69, 9.17) is 0 Å². The van der Waals surface area contributed by atoms with E-state index >= 15 is 0 Å². The molecule has 0 saturated carbocycles. The van der Waals surface area contributed by atoms with Gasteiger partial charge in [-0.15, -0.1) is 0 Å². The first-order chi connectivity index (χ1) is 16.3. The molecular weight excluding hydrogens is 438 g/mol. The summed E-state index contributed by atoms with van der Waals surface area (Å²) in [5.74, 6) is -0.670. The predicted molar refractivity (Wildman–Crippen MR) is 126 cm³/mol. The van der Waals surface area contributed by atoms with Crippen LogP contribution in [0.3, 0.4) is 0 Å². The number of amides is 2. The zero-order chi connectivity index (χ0) is 24.3. The first-order valence-corrected chi connectivity index (χ1v) is 11.3. The Labute approximate surface area is 197 Å². The lowest BCUT2D eigenvalue weighted by Crippen LogP contribution is -2.59. The van der Waals surface area contributed by atoms with Crippen LogP contribution in [-0.4, -0.2) is 40.4 Å². The minimum absolute atomic E-state index is 0.120. The Morgan fingerprint density at radius 2 is 1.47 bits per heavy atom. The average molecular weight is 467 g/mol. The third kappa shape index (κ3) is 4.95. The summed E-state index contributed by atoms with van der Waals surface area (Å²) in [6.45, 7) is 1.93. The van der Waals surface area contributed by atoms with Crippen LogP contribution in [0, 0.1) is 11.6 Å². The van der Waals surface area contributed by atoms with E-state index in [1.165, 1.54) is 24.3 Å². The SMILES string of the molecule is CC(c1ccc(-c2ccc(F)cc2)cc1)N1CC[C@@](C[C@H](O)CO)(c2ccc(F)cc2)NC1=O. The number of carbonyl (C=O) groups is 1. The van der Waals surface area contributed by atoms with E-state index in [9.17, 15) is 23.8 Å². The molecule has 3 aromatic carbocycles. The van der Waals surface area contributed by atoms with Crippen LogP contribution in [0.1, 0.15) is 36.9 Å². The van der Waals surface area contributed by atoms with Gasteiger partial charge in [0.2, 0.25) is 0 Å². The van der Waals surface area contributed by atoms with Gasteiger partial charge in [-0.1, -0.05) is 48.5 Å². The van der Waals surface area contributed by atoms with Gasteiger partial charge < -0.3 is 20.4 Å². The molecule has 0 aliphatic carbocycles. The van der Waals surface area contributed by atoms with Crippen molar-refractivity contribution in [3.8, 4) is 11.1 Å². The molecule has 0 bridgehead atoms. The molecule has 3 atom stereocenters. The minimum Gasteiger partial charge on any atom is -0.394 e. The molecule has 1 aliphatic rings. The largest absolute Gasteiger partial charge is 0.394 e. The standard InChI is InChI=1S/C27H28F2N2O3/c1-18(19-2-4-20(5-3-19)21-6-10-23(28)11-7-21)31-15-14-27(30-26(31)34,16-25(33)17-32)22-8-12-24(29)13-9-22/h2-13,18,25,32-33H,14-17H2,1H3,(H,30,34)/t18?,25-,27+/m0/s1. The van der Waals surface area contributed by atoms with Crippen LogP contribution in [-0.2, 0) is 5.54 Å². The monoisotopic (exact) mass is 466 g/mol. The van der Waals surface area contributed by atoms with E-state index in [2.05, 4.69) is 5.32 Å². The maximum atomic E-state index is 13.5. The third-order valence-corrected chi connectivity index (χ3v) is 6.62. The first-order valence-electron chi connectivity index (χ1n) is 11.3. The lowest BCUT2D eigenvalue weighted by Gasteiger charge is -2.45. The van der Waals surface area contributed by atoms with Crippen molar-refractivity contribution in [2.75, 3.05) is 13.2 Å². The molecule has 3 N–H and O–H groups in total. The number of carbonyl (C=O) groups excluding carboxylic acids is 1. The molecule has 1 saturated heterocycles. The van der Waals surface area contributed by atoms with Crippen molar-refractivity contribution in [1.29, 1.82) is 0 Å². The molecule has 178 valence electrons. The molecular formula is C27H28F2N2O3. The zero-order valence-corrected chi connectivity index (χ0v) is 18.9. The molecule has 5 nitrogen and oxygen atoms in total. The summed E-state index contributed by atoms with van der Waals surface area (Å²) < 4.78 is 26.7. The Hall–Kier alpha value is -3.29. The number of hydrogen-bond acceptors (Lipinski definition) is 3. The molecule has 1 aliphatic heterocycles. The van der Waals surface area contributed by atoms with Gasteiger partial charge in [-0.25, -0.2) is 13.6 Å². The van der Waals surface area contributed by atoms with Crippen molar-refractivity contribution in [3.63, 3.8) is 0 Å². The lowest BCUT2D eigenvalue weighted by atomic mass is 9.80. The van der Waals surface area contributed by atoms with Gasteiger partial charge in [0.05, 0.1) is 24.3 Å². The van der Waals surface area contributed by atoms with Crippen molar-refractivity contribution in [2.24, 2.45) is 0 Å². The van der Waals surface area contributed by atoms with Crippen LogP contribution in [0.2, 0.25) is 0 Å². The number of hydrogen-bond donors (Lipinski definition) is 3. The maximum Gasteiger partial charge on any atom is 0.318 e. The Morgan fingerprint density at radius 3 is 2.00 bits per heavy atom. The number of halogens is 2. The zero-order valence-electron chi connectivity index (χ0n) is 18.9. The van der Waals surface area contributed by atoms with Crippen molar-refractivity contribution >= 4 is 6.03 Å². The molecule has 1 heterocycles. The molecule has 4 rings (SSSR count). The van der Waals surface area contributed by atoms with Crippen LogP contribution in [0.4, 0.5) is 13.6 Å². The van der Waals surface area contributed by atoms with Crippen LogP contribution >= 0.6 is 0 Å². The van der Waals surface area contributed by atoms with E-state index in [1.807, 2.05) is 31.2 Å². The highest BCUT2D eigenvalue weighted by Crippen LogP contribution is 2.36. The molecule has 0 aromatic heterocycles. The lowest BCUT2D eigenvalue weighted by molar-refractivity contribution is 0.0441. The highest BCUT2D eigenvalue weighted by Gasteiger charge is 2.42. The first kappa shape index (κ1) is 23.9. The Kier molecular flexibility index (Phi) is 6.95. The van der Waals surface area contributed by atoms with E-state index in [0.717, 1.165) is 16.7 Å². The van der Waals surface area contributed by atoms with E-state index in [-0.39, 0.29) is 30.1 Å². The predicted octanol–water partition coefficient (Wildman–Crippen LogP) is 4.75. The molecule has 34 heavy (non-hydrogen) atoms. The smallest absolute Gasteiger partial charge is 0.318 e. The molecule has 0 spiro atoms. The molecule has 2 amide bonds. The number of rotatable bonds is 7. The highest BCUT2D eigenvalue weighted by atomic mass is 19.1. The summed E-state index contributed by atoms with van der Waals surface area (Å²) in [6.07, 6.45) is -0.414. The number of aliphatic hydroxyl groups is 2. The van der Waals surface area contributed by atoms with Gasteiger partial charge in [-0.3, -0.25) is 0 Å². The van der Waals surface area contributed by atoms with Crippen LogP contribution in [0.15, 0.2) is 72.8 Å². The topological polar surface area (TPSA) is 72.8 Å². The summed E-state index contributed by atoms with van der Waals surface area (Å²) in [7, 11) is 0. The van der Waals surface area contributed by atoms with Crippen LogP contribution in [0.5, 0.6) is 0 Å². The number of urea groups is 1. The third-order valence-electron chi connectivity index (χ3n) is 6.62. The fourth-order valence-electron chi connectivity index (χ4n) is 4.62. The Balaban J connectivity index is 1.52. The van der Waals surface area contributed by atoms with E-state index < -0.39 is 18.2 Å². The number of nitrogens with zero attached hydrogens (tertiary/aromatic N) is 1. The van der Waals surface area contributed by atoms with Gasteiger partial charge in [-0.05, 0) is 59.9 Å². The minimum atomic E-state index is -1.02. The maximum absolute atomic E-state index is 13.5. The van der Waals surface area contributed by atoms with Crippen molar-refractivity contribution in [1.82, 2.24) is 10.2 Å². The Bertz CT molecular complexity index is 1120. The molecule has 1 unspecified atom stereocenters. The fourth-order valence-corrected chi connectivity index (χ4v) is 4.62. The Morgan fingerprint density at radius 1 is 0.941 bits per heavy atom. The number of benzene rings is 3. The number of nitrogens with one attached hydrogen (secondary N) is 1. The van der Waals surface area contributed by atoms with Crippen LogP contribution in [0.25, 0.3) is 11.1 Å². The van der Waals surface area contributed by atoms with Crippen molar-refractivity contribution in [2.45, 2.75) is 37.5 Å². The quantitative estimate of drug-likeness (QED) is 0.471. The van der Waals surface area contributed by atoms with Crippen LogP contribution < -0.4 is 5.32 Å². The molecule has 0 radical (unpaired) electrons. The van der Waals surface area contributed by atoms with E-state index in [0.29, 0.717) is 18.5 Å². The van der Waals surface area contributed by atoms with Gasteiger partial charge in [0.25, 0.3) is 0 Å². The molecule has 3 aromatic rings. The van der Waals surface area contributed by atoms with E-state index in [1.54, 1.807) is 29.2 Å². The summed E-state index contributed by atoms with van der Waals surface area (Å²) >= 11 is 0. The highest BCUT2D eigenvalue weighted by molar-refractivity contribution is 5.77. The second-order valence-electron chi connectivity index (χ2n) is 8.81. The summed E-state index contributed by atoms with van der Waals surface area (Å²) in [5, 5.41) is 22.6.